The minimum absolute atomic E-state index is 0.194. The molecule has 2 N–H and O–H groups in total. The van der Waals surface area contributed by atoms with Gasteiger partial charge in [-0.3, -0.25) is 0 Å². The molecule has 0 atom stereocenters. The number of rotatable bonds is 0. The predicted molar refractivity (Wildman–Crippen MR) is 65.9 cm³/mol. The van der Waals surface area contributed by atoms with Gasteiger partial charge in [0, 0.05) is 31.7 Å². The lowest BCUT2D eigenvalue weighted by atomic mass is 9.80. The highest BCUT2D eigenvalue weighted by Crippen LogP contribution is 2.36. The third-order valence-electron chi connectivity index (χ3n) is 3.84. The molecule has 3 nitrogen and oxygen atoms in total. The van der Waals surface area contributed by atoms with E-state index in [1.54, 1.807) is 12.1 Å². The normalized spacial score (nSPS) is 22.2. The first-order valence-corrected chi connectivity index (χ1v) is 6.13. The van der Waals surface area contributed by atoms with Crippen molar-refractivity contribution in [3.8, 4) is 0 Å². The van der Waals surface area contributed by atoms with E-state index in [9.17, 15) is 4.39 Å². The SMILES string of the molecule is Fc1ccc2c(c1)NCC1(CCOCC1)CN2. The Balaban J connectivity index is 1.82. The molecule has 1 fully saturated rings. The van der Waals surface area contributed by atoms with Gasteiger partial charge < -0.3 is 15.4 Å². The van der Waals surface area contributed by atoms with Crippen LogP contribution in [0.5, 0.6) is 0 Å². The van der Waals surface area contributed by atoms with Crippen LogP contribution in [0.3, 0.4) is 0 Å². The van der Waals surface area contributed by atoms with Gasteiger partial charge >= 0.3 is 0 Å². The van der Waals surface area contributed by atoms with Gasteiger partial charge in [-0.15, -0.1) is 0 Å². The third-order valence-corrected chi connectivity index (χ3v) is 3.84. The van der Waals surface area contributed by atoms with Crippen LogP contribution in [0.15, 0.2) is 18.2 Å². The highest BCUT2D eigenvalue weighted by atomic mass is 19.1. The van der Waals surface area contributed by atoms with Gasteiger partial charge in [-0.05, 0) is 31.0 Å². The molecular formula is C13H17FN2O. The van der Waals surface area contributed by atoms with E-state index in [1.807, 2.05) is 0 Å². The van der Waals surface area contributed by atoms with Crippen molar-refractivity contribution in [2.75, 3.05) is 36.9 Å². The first-order valence-electron chi connectivity index (χ1n) is 6.13. The van der Waals surface area contributed by atoms with Gasteiger partial charge in [0.1, 0.15) is 5.82 Å². The molecule has 4 heteroatoms. The number of hydrogen-bond acceptors (Lipinski definition) is 3. The Hall–Kier alpha value is -1.29. The Morgan fingerprint density at radius 2 is 1.76 bits per heavy atom. The summed E-state index contributed by atoms with van der Waals surface area (Å²) in [5.41, 5.74) is 2.11. The van der Waals surface area contributed by atoms with Crippen LogP contribution in [0.1, 0.15) is 12.8 Å². The van der Waals surface area contributed by atoms with E-state index in [1.165, 1.54) is 6.07 Å². The van der Waals surface area contributed by atoms with E-state index in [4.69, 9.17) is 4.74 Å². The summed E-state index contributed by atoms with van der Waals surface area (Å²) in [6, 6.07) is 4.85. The minimum Gasteiger partial charge on any atom is -0.383 e. The fraction of sp³-hybridized carbons (Fsp3) is 0.538. The van der Waals surface area contributed by atoms with Crippen molar-refractivity contribution in [1.29, 1.82) is 0 Å². The number of anilines is 2. The topological polar surface area (TPSA) is 33.3 Å². The van der Waals surface area contributed by atoms with Crippen LogP contribution >= 0.6 is 0 Å². The van der Waals surface area contributed by atoms with E-state index in [-0.39, 0.29) is 11.2 Å². The lowest BCUT2D eigenvalue weighted by molar-refractivity contribution is 0.0276. The van der Waals surface area contributed by atoms with Crippen molar-refractivity contribution in [3.05, 3.63) is 24.0 Å². The van der Waals surface area contributed by atoms with Crippen LogP contribution in [0.4, 0.5) is 15.8 Å². The summed E-state index contributed by atoms with van der Waals surface area (Å²) in [6.45, 7) is 3.48. The zero-order valence-corrected chi connectivity index (χ0v) is 9.76. The molecule has 1 aromatic carbocycles. The first kappa shape index (κ1) is 10.8. The van der Waals surface area contributed by atoms with Crippen molar-refractivity contribution in [2.45, 2.75) is 12.8 Å². The first-order chi connectivity index (χ1) is 8.27. The Morgan fingerprint density at radius 3 is 2.53 bits per heavy atom. The van der Waals surface area contributed by atoms with E-state index >= 15 is 0 Å². The van der Waals surface area contributed by atoms with E-state index in [2.05, 4.69) is 10.6 Å². The predicted octanol–water partition coefficient (Wildman–Crippen LogP) is 2.46. The standard InChI is InChI=1S/C13H17FN2O/c14-10-1-2-11-12(7-10)16-9-13(8-15-11)3-5-17-6-4-13/h1-2,7,15-16H,3-6,8-9H2. The molecule has 1 spiro atoms. The molecule has 0 aliphatic carbocycles. The molecule has 1 aromatic rings. The van der Waals surface area contributed by atoms with Gasteiger partial charge in [-0.25, -0.2) is 4.39 Å². The van der Waals surface area contributed by atoms with Crippen molar-refractivity contribution in [3.63, 3.8) is 0 Å². The molecule has 0 saturated carbocycles. The number of hydrogen-bond donors (Lipinski definition) is 2. The monoisotopic (exact) mass is 236 g/mol. The number of halogens is 1. The quantitative estimate of drug-likeness (QED) is 0.726. The summed E-state index contributed by atoms with van der Waals surface area (Å²) < 4.78 is 18.6. The Kier molecular flexibility index (Phi) is 2.67. The second kappa shape index (κ2) is 4.18. The maximum atomic E-state index is 13.2. The molecule has 2 aliphatic rings. The van der Waals surface area contributed by atoms with Crippen LogP contribution < -0.4 is 10.6 Å². The summed E-state index contributed by atoms with van der Waals surface area (Å²) in [5.74, 6) is -0.194. The van der Waals surface area contributed by atoms with Gasteiger partial charge in [-0.2, -0.15) is 0 Å². The molecule has 0 aromatic heterocycles. The summed E-state index contributed by atoms with van der Waals surface area (Å²) in [6.07, 6.45) is 2.12. The number of benzene rings is 1. The van der Waals surface area contributed by atoms with Crippen LogP contribution in [0, 0.1) is 11.2 Å². The van der Waals surface area contributed by atoms with E-state index < -0.39 is 0 Å². The maximum absolute atomic E-state index is 13.2. The number of fused-ring (bicyclic) bond motifs is 1. The zero-order chi connectivity index (χ0) is 11.7. The molecule has 92 valence electrons. The highest BCUT2D eigenvalue weighted by Gasteiger charge is 2.34. The van der Waals surface area contributed by atoms with Gasteiger partial charge in [0.15, 0.2) is 0 Å². The van der Waals surface area contributed by atoms with Crippen LogP contribution in [-0.4, -0.2) is 26.3 Å². The largest absolute Gasteiger partial charge is 0.383 e. The van der Waals surface area contributed by atoms with Gasteiger partial charge in [-0.1, -0.05) is 0 Å². The molecule has 1 saturated heterocycles. The smallest absolute Gasteiger partial charge is 0.125 e. The Bertz CT molecular complexity index is 416. The summed E-state index contributed by atoms with van der Waals surface area (Å²) in [5, 5.41) is 6.80. The summed E-state index contributed by atoms with van der Waals surface area (Å²) in [4.78, 5) is 0. The van der Waals surface area contributed by atoms with Crippen LogP contribution in [-0.2, 0) is 4.74 Å². The molecule has 3 rings (SSSR count). The molecule has 2 heterocycles. The van der Waals surface area contributed by atoms with Crippen LogP contribution in [0.25, 0.3) is 0 Å². The molecular weight excluding hydrogens is 219 g/mol. The number of nitrogens with one attached hydrogen (secondary N) is 2. The Morgan fingerprint density at radius 1 is 1.06 bits per heavy atom. The fourth-order valence-corrected chi connectivity index (χ4v) is 2.60. The highest BCUT2D eigenvalue weighted by molar-refractivity contribution is 5.69. The fourth-order valence-electron chi connectivity index (χ4n) is 2.60. The van der Waals surface area contributed by atoms with Gasteiger partial charge in [0.05, 0.1) is 11.4 Å². The van der Waals surface area contributed by atoms with Crippen molar-refractivity contribution >= 4 is 11.4 Å². The lowest BCUT2D eigenvalue weighted by Gasteiger charge is -2.36. The molecule has 0 amide bonds. The van der Waals surface area contributed by atoms with Gasteiger partial charge in [0.2, 0.25) is 0 Å². The minimum atomic E-state index is -0.194. The Labute approximate surface area is 100 Å². The molecule has 2 aliphatic heterocycles. The second-order valence-electron chi connectivity index (χ2n) is 5.01. The van der Waals surface area contributed by atoms with Crippen molar-refractivity contribution in [1.82, 2.24) is 0 Å². The summed E-state index contributed by atoms with van der Waals surface area (Å²) >= 11 is 0. The molecule has 17 heavy (non-hydrogen) atoms. The average molecular weight is 236 g/mol. The molecule has 0 radical (unpaired) electrons. The zero-order valence-electron chi connectivity index (χ0n) is 9.76. The van der Waals surface area contributed by atoms with E-state index in [0.717, 1.165) is 50.5 Å². The second-order valence-corrected chi connectivity index (χ2v) is 5.01. The molecule has 0 bridgehead atoms. The van der Waals surface area contributed by atoms with E-state index in [0.29, 0.717) is 0 Å². The average Bonchev–Trinajstić information content (AvgIpc) is 2.52. The maximum Gasteiger partial charge on any atom is 0.125 e. The van der Waals surface area contributed by atoms with Crippen LogP contribution in [0.2, 0.25) is 0 Å². The summed E-state index contributed by atoms with van der Waals surface area (Å²) in [7, 11) is 0. The molecule has 0 unspecified atom stereocenters. The van der Waals surface area contributed by atoms with Crippen molar-refractivity contribution in [2.24, 2.45) is 5.41 Å². The lowest BCUT2D eigenvalue weighted by Crippen LogP contribution is -2.40. The van der Waals surface area contributed by atoms with Crippen molar-refractivity contribution < 1.29 is 9.13 Å². The number of ether oxygens (including phenoxy) is 1. The van der Waals surface area contributed by atoms with Gasteiger partial charge in [0.25, 0.3) is 0 Å². The third kappa shape index (κ3) is 2.09.